The molecule has 2 amide bonds. The number of carbonyl (C=O) groups excluding carboxylic acids is 3. The average molecular weight is 608 g/mol. The molecule has 4 aromatic rings. The number of rotatable bonds is 7. The summed E-state index contributed by atoms with van der Waals surface area (Å²) in [6, 6.07) is 24.3. The number of nitrogens with zero attached hydrogens (tertiary/aromatic N) is 4. The van der Waals surface area contributed by atoms with Gasteiger partial charge in [0.05, 0.1) is 29.8 Å². The lowest BCUT2D eigenvalue weighted by Gasteiger charge is -2.47. The Morgan fingerprint density at radius 3 is 2.04 bits per heavy atom. The largest absolute Gasteiger partial charge is 0.496 e. The number of amides is 2. The van der Waals surface area contributed by atoms with E-state index in [-0.39, 0.29) is 29.6 Å². The quantitative estimate of drug-likeness (QED) is 0.184. The Labute approximate surface area is 264 Å². The molecule has 2 aliphatic rings. The van der Waals surface area contributed by atoms with E-state index in [0.717, 1.165) is 12.8 Å². The van der Waals surface area contributed by atoms with E-state index >= 15 is 0 Å². The van der Waals surface area contributed by atoms with Crippen LogP contribution in [0.3, 0.4) is 0 Å². The lowest BCUT2D eigenvalue weighted by atomic mass is 9.93. The van der Waals surface area contributed by atoms with Crippen molar-refractivity contribution in [1.29, 1.82) is 0 Å². The third kappa shape index (κ3) is 5.46. The summed E-state index contributed by atoms with van der Waals surface area (Å²) in [6.45, 7) is 8.26. The van der Waals surface area contributed by atoms with Crippen LogP contribution in [-0.2, 0) is 4.79 Å². The lowest BCUT2D eigenvalue weighted by molar-refractivity contribution is -0.125. The van der Waals surface area contributed by atoms with E-state index in [1.807, 2.05) is 17.0 Å². The Hall–Kier alpha value is -4.63. The van der Waals surface area contributed by atoms with Crippen LogP contribution in [0.25, 0.3) is 10.9 Å². The molecule has 45 heavy (non-hydrogen) atoms. The molecule has 2 fully saturated rings. The van der Waals surface area contributed by atoms with Gasteiger partial charge in [0.2, 0.25) is 0 Å². The second-order valence-electron chi connectivity index (χ2n) is 12.3. The number of carbonyl (C=O) groups is 3. The maximum absolute atomic E-state index is 14.3. The first kappa shape index (κ1) is 30.4. The molecule has 2 N–H and O–H groups in total. The molecule has 2 saturated heterocycles. The fourth-order valence-electron chi connectivity index (χ4n) is 7.05. The maximum Gasteiger partial charge on any atom is 0.295 e. The Bertz CT molecular complexity index is 1690. The number of nitrogens with two attached hydrogens (primary N) is 1. The predicted molar refractivity (Wildman–Crippen MR) is 175 cm³/mol. The van der Waals surface area contributed by atoms with Crippen molar-refractivity contribution in [1.82, 2.24) is 19.4 Å². The van der Waals surface area contributed by atoms with Gasteiger partial charge in [-0.2, -0.15) is 0 Å². The second kappa shape index (κ2) is 12.4. The van der Waals surface area contributed by atoms with Gasteiger partial charge in [0.25, 0.3) is 17.6 Å². The Morgan fingerprint density at radius 1 is 0.867 bits per heavy atom. The van der Waals surface area contributed by atoms with Gasteiger partial charge in [-0.05, 0) is 50.8 Å². The molecule has 0 radical (unpaired) electrons. The maximum atomic E-state index is 14.3. The molecule has 2 aliphatic heterocycles. The molecule has 2 atom stereocenters. The molecule has 234 valence electrons. The van der Waals surface area contributed by atoms with Crippen molar-refractivity contribution in [2.45, 2.75) is 51.7 Å². The van der Waals surface area contributed by atoms with Gasteiger partial charge in [-0.15, -0.1) is 0 Å². The number of aromatic nitrogens is 1. The van der Waals surface area contributed by atoms with E-state index in [4.69, 9.17) is 10.6 Å². The number of piperazine rings is 1. The first-order valence-electron chi connectivity index (χ1n) is 15.7. The Kier molecular flexibility index (Phi) is 8.38. The summed E-state index contributed by atoms with van der Waals surface area (Å²) in [5.74, 6) is 5.44. The minimum atomic E-state index is -0.601. The van der Waals surface area contributed by atoms with Crippen LogP contribution in [0.2, 0.25) is 0 Å². The summed E-state index contributed by atoms with van der Waals surface area (Å²) in [7, 11) is 1.52. The Balaban J connectivity index is 1.33. The fraction of sp³-hybridized carbons (Fsp3) is 0.361. The zero-order valence-corrected chi connectivity index (χ0v) is 26.4. The summed E-state index contributed by atoms with van der Waals surface area (Å²) < 4.78 is 7.11. The molecule has 0 unspecified atom stereocenters. The Morgan fingerprint density at radius 2 is 1.47 bits per heavy atom. The zero-order valence-electron chi connectivity index (χ0n) is 26.4. The van der Waals surface area contributed by atoms with E-state index in [1.165, 1.54) is 22.9 Å². The summed E-state index contributed by atoms with van der Waals surface area (Å²) >= 11 is 0. The van der Waals surface area contributed by atoms with Crippen molar-refractivity contribution in [3.8, 4) is 5.75 Å². The van der Waals surface area contributed by atoms with Gasteiger partial charge in [0, 0.05) is 55.4 Å². The normalized spacial score (nSPS) is 19.0. The molecule has 0 aliphatic carbocycles. The summed E-state index contributed by atoms with van der Waals surface area (Å²) in [6.07, 6.45) is 1.77. The van der Waals surface area contributed by atoms with Crippen molar-refractivity contribution in [2.24, 2.45) is 0 Å². The molecular formula is C36H41N5O4. The van der Waals surface area contributed by atoms with E-state index in [2.05, 4.69) is 67.3 Å². The van der Waals surface area contributed by atoms with Crippen molar-refractivity contribution >= 4 is 28.5 Å². The van der Waals surface area contributed by atoms with Gasteiger partial charge in [-0.1, -0.05) is 60.7 Å². The standard InChI is InChI=1S/C36H41N5O4/c1-23-22-40(24(2)21-39(23)33(26-13-7-5-8-14-26)27-15-9-6-10-16-27)35(43)29-19-28-30(20-31(29)45-4)41(37)25(3)32(28)34(42)36(44)38-17-11-12-18-38/h5-10,13-16,19-20,23-24,33H,11-12,17-18,21-22,37H2,1-4H3/t23-,24+/m0/s1. The molecule has 9 heteroatoms. The molecule has 9 nitrogen and oxygen atoms in total. The molecule has 1 aromatic heterocycles. The van der Waals surface area contributed by atoms with Gasteiger partial charge in [-0.25, -0.2) is 0 Å². The number of nitrogen functional groups attached to an aromatic ring is 1. The van der Waals surface area contributed by atoms with Crippen LogP contribution in [0.5, 0.6) is 5.75 Å². The average Bonchev–Trinajstić information content (AvgIpc) is 3.69. The molecule has 3 aromatic carbocycles. The topological polar surface area (TPSA) is 101 Å². The van der Waals surface area contributed by atoms with Crippen LogP contribution in [-0.4, -0.2) is 82.3 Å². The van der Waals surface area contributed by atoms with Crippen LogP contribution in [0.1, 0.15) is 70.3 Å². The number of benzene rings is 3. The summed E-state index contributed by atoms with van der Waals surface area (Å²) in [5, 5.41) is 0.476. The van der Waals surface area contributed by atoms with Gasteiger partial charge in [0.15, 0.2) is 0 Å². The molecule has 0 bridgehead atoms. The van der Waals surface area contributed by atoms with Crippen LogP contribution in [0.4, 0.5) is 0 Å². The number of methoxy groups -OCH3 is 1. The molecule has 6 rings (SSSR count). The van der Waals surface area contributed by atoms with Crippen LogP contribution in [0, 0.1) is 6.92 Å². The highest BCUT2D eigenvalue weighted by Crippen LogP contribution is 2.36. The second-order valence-corrected chi connectivity index (χ2v) is 12.3. The third-order valence-electron chi connectivity index (χ3n) is 9.47. The van der Waals surface area contributed by atoms with E-state index in [1.54, 1.807) is 24.0 Å². The summed E-state index contributed by atoms with van der Waals surface area (Å²) in [5.41, 5.74) is 3.99. The first-order chi connectivity index (χ1) is 21.7. The van der Waals surface area contributed by atoms with E-state index in [0.29, 0.717) is 54.1 Å². The van der Waals surface area contributed by atoms with Gasteiger partial charge in [-0.3, -0.25) is 24.0 Å². The highest BCUT2D eigenvalue weighted by molar-refractivity contribution is 6.45. The van der Waals surface area contributed by atoms with E-state index in [9.17, 15) is 14.4 Å². The number of hydrogen-bond acceptors (Lipinski definition) is 6. The van der Waals surface area contributed by atoms with Gasteiger partial charge >= 0.3 is 0 Å². The fourth-order valence-corrected chi connectivity index (χ4v) is 7.05. The minimum absolute atomic E-state index is 0.0435. The number of Topliss-reactive ketones (excluding diaryl/α,β-unsaturated/α-hetero) is 1. The predicted octanol–water partition coefficient (Wildman–Crippen LogP) is 4.80. The number of fused-ring (bicyclic) bond motifs is 1. The van der Waals surface area contributed by atoms with Crippen LogP contribution < -0.4 is 10.6 Å². The molecular weight excluding hydrogens is 566 g/mol. The van der Waals surface area contributed by atoms with Gasteiger partial charge < -0.3 is 20.4 Å². The van der Waals surface area contributed by atoms with Gasteiger partial charge in [0.1, 0.15) is 5.75 Å². The highest BCUT2D eigenvalue weighted by Gasteiger charge is 2.38. The number of likely N-dealkylation sites (tertiary alicyclic amines) is 1. The summed E-state index contributed by atoms with van der Waals surface area (Å²) in [4.78, 5) is 47.0. The lowest BCUT2D eigenvalue weighted by Crippen LogP contribution is -2.58. The van der Waals surface area contributed by atoms with Crippen molar-refractivity contribution in [3.05, 3.63) is 101 Å². The SMILES string of the molecule is COc1cc2c(cc1C(=O)N1C[C@H](C)N(C(c3ccccc3)c3ccccc3)C[C@H]1C)c(C(=O)C(=O)N1CCCC1)c(C)n2N. The minimum Gasteiger partial charge on any atom is -0.496 e. The monoisotopic (exact) mass is 607 g/mol. The van der Waals surface area contributed by atoms with Crippen LogP contribution >= 0.6 is 0 Å². The third-order valence-corrected chi connectivity index (χ3v) is 9.47. The van der Waals surface area contributed by atoms with Crippen molar-refractivity contribution in [3.63, 3.8) is 0 Å². The first-order valence-corrected chi connectivity index (χ1v) is 15.7. The zero-order chi connectivity index (χ0) is 31.8. The smallest absolute Gasteiger partial charge is 0.295 e. The number of ketones is 1. The molecule has 0 spiro atoms. The number of ether oxygens (including phenoxy) is 1. The highest BCUT2D eigenvalue weighted by atomic mass is 16.5. The molecule has 0 saturated carbocycles. The molecule has 3 heterocycles. The number of hydrogen-bond donors (Lipinski definition) is 1. The van der Waals surface area contributed by atoms with Crippen LogP contribution in [0.15, 0.2) is 72.8 Å². The van der Waals surface area contributed by atoms with Crippen molar-refractivity contribution < 1.29 is 19.1 Å². The van der Waals surface area contributed by atoms with E-state index < -0.39 is 11.7 Å². The van der Waals surface area contributed by atoms with Crippen molar-refractivity contribution in [2.75, 3.05) is 39.1 Å².